The minimum absolute atomic E-state index is 0.167. The maximum atomic E-state index is 12.2. The van der Waals surface area contributed by atoms with Gasteiger partial charge in [-0.3, -0.25) is 14.6 Å². The highest BCUT2D eigenvalue weighted by Crippen LogP contribution is 2.11. The fourth-order valence-corrected chi connectivity index (χ4v) is 2.28. The second kappa shape index (κ2) is 7.33. The highest BCUT2D eigenvalue weighted by molar-refractivity contribution is 5.93. The first kappa shape index (κ1) is 17.1. The van der Waals surface area contributed by atoms with Crippen LogP contribution in [0.2, 0.25) is 0 Å². The van der Waals surface area contributed by atoms with Gasteiger partial charge in [0.2, 0.25) is 5.91 Å². The molecule has 0 saturated carbocycles. The van der Waals surface area contributed by atoms with Gasteiger partial charge in [-0.05, 0) is 24.5 Å². The number of aromatic nitrogens is 2. The number of anilines is 2. The molecule has 0 unspecified atom stereocenters. The quantitative estimate of drug-likeness (QED) is 0.700. The molecule has 1 amide bonds. The Balaban J connectivity index is 2.16. The molecule has 1 aromatic heterocycles. The molecule has 0 bridgehead atoms. The Labute approximate surface area is 138 Å². The number of amides is 1. The molecule has 124 valence electrons. The summed E-state index contributed by atoms with van der Waals surface area (Å²) in [6.45, 7) is 1.76. The number of aromatic amines is 1. The van der Waals surface area contributed by atoms with Crippen molar-refractivity contribution < 1.29 is 4.79 Å². The average molecular weight is 326 g/mol. The lowest BCUT2D eigenvalue weighted by Crippen LogP contribution is -2.38. The molecular weight excluding hydrogens is 308 g/mol. The van der Waals surface area contributed by atoms with Gasteiger partial charge in [0.1, 0.15) is 11.5 Å². The molecule has 24 heavy (non-hydrogen) atoms. The van der Waals surface area contributed by atoms with E-state index in [1.165, 1.54) is 0 Å². The van der Waals surface area contributed by atoms with Gasteiger partial charge < -0.3 is 11.1 Å². The number of H-pyrrole nitrogens is 1. The van der Waals surface area contributed by atoms with Crippen molar-refractivity contribution in [2.24, 2.45) is 0 Å². The Kier molecular flexibility index (Phi) is 5.22. The number of benzene rings is 1. The molecule has 1 aromatic carbocycles. The van der Waals surface area contributed by atoms with Crippen LogP contribution in [0.15, 0.2) is 33.9 Å². The molecule has 0 fully saturated rings. The third kappa shape index (κ3) is 3.73. The molecule has 1 heterocycles. The van der Waals surface area contributed by atoms with Crippen molar-refractivity contribution in [2.75, 3.05) is 11.1 Å². The lowest BCUT2D eigenvalue weighted by molar-refractivity contribution is -0.116. The predicted molar refractivity (Wildman–Crippen MR) is 92.7 cm³/mol. The molecule has 2 rings (SSSR count). The van der Waals surface area contributed by atoms with Gasteiger partial charge in [0.15, 0.2) is 0 Å². The largest absolute Gasteiger partial charge is 0.383 e. The highest BCUT2D eigenvalue weighted by Gasteiger charge is 2.14. The second-order valence-electron chi connectivity index (χ2n) is 5.29. The normalized spacial score (nSPS) is 10.2. The fourth-order valence-electron chi connectivity index (χ4n) is 2.28. The number of nitrogen functional groups attached to an aromatic ring is 1. The van der Waals surface area contributed by atoms with Gasteiger partial charge in [-0.2, -0.15) is 0 Å². The van der Waals surface area contributed by atoms with Crippen molar-refractivity contribution in [3.8, 4) is 12.3 Å². The average Bonchev–Trinajstić information content (AvgIpc) is 2.54. The van der Waals surface area contributed by atoms with Crippen LogP contribution < -0.4 is 22.3 Å². The van der Waals surface area contributed by atoms with Gasteiger partial charge in [0.05, 0.1) is 6.54 Å². The van der Waals surface area contributed by atoms with Crippen LogP contribution in [0.4, 0.5) is 11.5 Å². The standard InChI is InChI=1S/C17H18N4O3/c1-3-10-21-16(23)14(15(18)20-17(21)24)19-13(22)9-8-12-7-5-4-6-11(12)2/h1,4-7H,8-10,18H2,2H3,(H,19,22)(H,20,24). The van der Waals surface area contributed by atoms with E-state index in [2.05, 4.69) is 16.2 Å². The van der Waals surface area contributed by atoms with Gasteiger partial charge in [-0.15, -0.1) is 6.42 Å². The van der Waals surface area contributed by atoms with Crippen molar-refractivity contribution in [2.45, 2.75) is 26.3 Å². The van der Waals surface area contributed by atoms with Crippen LogP contribution in [0.25, 0.3) is 0 Å². The van der Waals surface area contributed by atoms with Crippen molar-refractivity contribution >= 4 is 17.4 Å². The Morgan fingerprint density at radius 2 is 2.08 bits per heavy atom. The Bertz CT molecular complexity index is 919. The summed E-state index contributed by atoms with van der Waals surface area (Å²) in [5, 5.41) is 2.46. The molecule has 0 aliphatic carbocycles. The third-order valence-corrected chi connectivity index (χ3v) is 3.61. The Morgan fingerprint density at radius 3 is 2.75 bits per heavy atom. The molecule has 2 aromatic rings. The van der Waals surface area contributed by atoms with Crippen molar-refractivity contribution in [1.82, 2.24) is 9.55 Å². The molecule has 4 N–H and O–H groups in total. The minimum Gasteiger partial charge on any atom is -0.383 e. The fraction of sp³-hybridized carbons (Fsp3) is 0.235. The van der Waals surface area contributed by atoms with E-state index < -0.39 is 11.2 Å². The van der Waals surface area contributed by atoms with Crippen LogP contribution >= 0.6 is 0 Å². The number of aryl methyl sites for hydroxylation is 2. The second-order valence-corrected chi connectivity index (χ2v) is 5.29. The van der Waals surface area contributed by atoms with E-state index >= 15 is 0 Å². The summed E-state index contributed by atoms with van der Waals surface area (Å²) in [5.41, 5.74) is 6.16. The van der Waals surface area contributed by atoms with Gasteiger partial charge in [0.25, 0.3) is 5.56 Å². The van der Waals surface area contributed by atoms with E-state index in [1.807, 2.05) is 31.2 Å². The zero-order valence-electron chi connectivity index (χ0n) is 13.3. The maximum Gasteiger partial charge on any atom is 0.330 e. The molecule has 0 radical (unpaired) electrons. The first-order valence-electron chi connectivity index (χ1n) is 7.34. The molecule has 0 saturated heterocycles. The van der Waals surface area contributed by atoms with E-state index in [9.17, 15) is 14.4 Å². The topological polar surface area (TPSA) is 110 Å². The number of terminal acetylenes is 1. The van der Waals surface area contributed by atoms with Crippen LogP contribution in [0, 0.1) is 19.3 Å². The molecule has 0 aliphatic heterocycles. The van der Waals surface area contributed by atoms with Gasteiger partial charge in [-0.25, -0.2) is 9.36 Å². The number of nitrogens with one attached hydrogen (secondary N) is 2. The number of nitrogens with two attached hydrogens (primary N) is 1. The number of nitrogens with zero attached hydrogens (tertiary/aromatic N) is 1. The van der Waals surface area contributed by atoms with Crippen molar-refractivity contribution in [1.29, 1.82) is 0 Å². The van der Waals surface area contributed by atoms with Crippen LogP contribution in [-0.4, -0.2) is 15.5 Å². The van der Waals surface area contributed by atoms with Crippen LogP contribution in [0.1, 0.15) is 17.5 Å². The smallest absolute Gasteiger partial charge is 0.330 e. The van der Waals surface area contributed by atoms with E-state index in [0.29, 0.717) is 6.42 Å². The van der Waals surface area contributed by atoms with Crippen molar-refractivity contribution in [3.63, 3.8) is 0 Å². The summed E-state index contributed by atoms with van der Waals surface area (Å²) in [5.74, 6) is 1.64. The SMILES string of the molecule is C#CCn1c(=O)[nH]c(N)c(NC(=O)CCc2ccccc2C)c1=O. The lowest BCUT2D eigenvalue weighted by atomic mass is 10.0. The van der Waals surface area contributed by atoms with E-state index in [1.54, 1.807) is 0 Å². The summed E-state index contributed by atoms with van der Waals surface area (Å²) >= 11 is 0. The van der Waals surface area contributed by atoms with Crippen LogP contribution in [0.5, 0.6) is 0 Å². The van der Waals surface area contributed by atoms with E-state index in [4.69, 9.17) is 12.2 Å². The van der Waals surface area contributed by atoms with E-state index in [-0.39, 0.29) is 30.4 Å². The summed E-state index contributed by atoms with van der Waals surface area (Å²) < 4.78 is 0.799. The molecule has 0 atom stereocenters. The zero-order chi connectivity index (χ0) is 17.7. The molecular formula is C17H18N4O3. The monoisotopic (exact) mass is 326 g/mol. The maximum absolute atomic E-state index is 12.2. The molecule has 7 nitrogen and oxygen atoms in total. The van der Waals surface area contributed by atoms with Gasteiger partial charge in [0, 0.05) is 6.42 Å². The van der Waals surface area contributed by atoms with Gasteiger partial charge in [-0.1, -0.05) is 30.2 Å². The molecule has 0 spiro atoms. The zero-order valence-corrected chi connectivity index (χ0v) is 13.3. The number of carbonyl (C=O) groups is 1. The molecule has 7 heteroatoms. The Morgan fingerprint density at radius 1 is 1.38 bits per heavy atom. The predicted octanol–water partition coefficient (Wildman–Crippen LogP) is 0.632. The third-order valence-electron chi connectivity index (χ3n) is 3.61. The number of hydrogen-bond acceptors (Lipinski definition) is 4. The summed E-state index contributed by atoms with van der Waals surface area (Å²) in [6, 6.07) is 7.73. The van der Waals surface area contributed by atoms with E-state index in [0.717, 1.165) is 15.7 Å². The Hall–Kier alpha value is -3.27. The van der Waals surface area contributed by atoms with Crippen LogP contribution in [0.3, 0.4) is 0 Å². The van der Waals surface area contributed by atoms with Crippen molar-refractivity contribution in [3.05, 3.63) is 56.2 Å². The lowest BCUT2D eigenvalue weighted by Gasteiger charge is -2.10. The summed E-state index contributed by atoms with van der Waals surface area (Å²) in [7, 11) is 0. The first-order valence-corrected chi connectivity index (χ1v) is 7.34. The minimum atomic E-state index is -0.724. The first-order chi connectivity index (χ1) is 11.4. The number of rotatable bonds is 5. The summed E-state index contributed by atoms with van der Waals surface area (Å²) in [6.07, 6.45) is 5.84. The molecule has 0 aliphatic rings. The number of hydrogen-bond donors (Lipinski definition) is 3. The summed E-state index contributed by atoms with van der Waals surface area (Å²) in [4.78, 5) is 38.3. The number of carbonyl (C=O) groups excluding carboxylic acids is 1. The van der Waals surface area contributed by atoms with Crippen LogP contribution in [-0.2, 0) is 17.8 Å². The highest BCUT2D eigenvalue weighted by atomic mass is 16.2. The van der Waals surface area contributed by atoms with Gasteiger partial charge >= 0.3 is 5.69 Å².